The van der Waals surface area contributed by atoms with Crippen molar-refractivity contribution in [3.8, 4) is 0 Å². The number of ether oxygens (including phenoxy) is 1. The van der Waals surface area contributed by atoms with Crippen LogP contribution in [0.2, 0.25) is 5.02 Å². The van der Waals surface area contributed by atoms with E-state index in [9.17, 15) is 17.6 Å². The topological polar surface area (TPSA) is 63.7 Å². The fraction of sp³-hybridized carbons (Fsp3) is 0.462. The highest BCUT2D eigenvalue weighted by atomic mass is 35.5. The third-order valence-electron chi connectivity index (χ3n) is 3.45. The first kappa shape index (κ1) is 16.2. The van der Waals surface area contributed by atoms with E-state index < -0.39 is 27.7 Å². The smallest absolute Gasteiger partial charge is 0.309 e. The van der Waals surface area contributed by atoms with Crippen molar-refractivity contribution >= 4 is 27.6 Å². The van der Waals surface area contributed by atoms with E-state index in [1.807, 2.05) is 0 Å². The standard InChI is InChI=1S/C13H15ClFNO4S/c1-20-13(17)9-3-2-6-16(8-9)21(18,19)10-4-5-12(15)11(14)7-10/h4-5,7,9H,2-3,6,8H2,1H3/t9-/m0/s1. The van der Waals surface area contributed by atoms with Crippen molar-refractivity contribution in [2.24, 2.45) is 5.92 Å². The van der Waals surface area contributed by atoms with E-state index in [1.165, 1.54) is 11.4 Å². The van der Waals surface area contributed by atoms with E-state index in [0.717, 1.165) is 18.2 Å². The Morgan fingerprint density at radius 3 is 2.81 bits per heavy atom. The molecular formula is C13H15ClFNO4S. The van der Waals surface area contributed by atoms with Crippen LogP contribution in [0.15, 0.2) is 23.1 Å². The summed E-state index contributed by atoms with van der Waals surface area (Å²) in [4.78, 5) is 11.5. The van der Waals surface area contributed by atoms with Gasteiger partial charge < -0.3 is 4.74 Å². The zero-order chi connectivity index (χ0) is 15.6. The van der Waals surface area contributed by atoms with Crippen LogP contribution in [0.4, 0.5) is 4.39 Å². The Morgan fingerprint density at radius 2 is 2.19 bits per heavy atom. The molecule has 1 aliphatic heterocycles. The maximum Gasteiger partial charge on any atom is 0.309 e. The number of sulfonamides is 1. The van der Waals surface area contributed by atoms with Crippen LogP contribution in [0.3, 0.4) is 0 Å². The van der Waals surface area contributed by atoms with E-state index >= 15 is 0 Å². The Bertz CT molecular complexity index is 650. The number of carbonyl (C=O) groups is 1. The molecule has 2 rings (SSSR count). The first-order valence-corrected chi connectivity index (χ1v) is 8.21. The molecule has 0 unspecified atom stereocenters. The summed E-state index contributed by atoms with van der Waals surface area (Å²) in [6.07, 6.45) is 1.15. The van der Waals surface area contributed by atoms with Crippen LogP contribution in [0.5, 0.6) is 0 Å². The summed E-state index contributed by atoms with van der Waals surface area (Å²) in [5.41, 5.74) is 0. The predicted molar refractivity (Wildman–Crippen MR) is 74.9 cm³/mol. The van der Waals surface area contributed by atoms with Gasteiger partial charge in [-0.3, -0.25) is 4.79 Å². The molecule has 21 heavy (non-hydrogen) atoms. The van der Waals surface area contributed by atoms with Gasteiger partial charge in [0.25, 0.3) is 0 Å². The molecule has 1 atom stereocenters. The third kappa shape index (κ3) is 3.36. The van der Waals surface area contributed by atoms with Crippen molar-refractivity contribution in [1.82, 2.24) is 4.31 Å². The average Bonchev–Trinajstić information content (AvgIpc) is 2.49. The highest BCUT2D eigenvalue weighted by Crippen LogP contribution is 2.26. The minimum atomic E-state index is -3.80. The number of hydrogen-bond donors (Lipinski definition) is 0. The summed E-state index contributed by atoms with van der Waals surface area (Å²) in [5, 5.41) is -0.252. The Hall–Kier alpha value is -1.18. The maximum atomic E-state index is 13.1. The minimum absolute atomic E-state index is 0.0595. The number of halogens is 2. The second-order valence-electron chi connectivity index (χ2n) is 4.80. The maximum absolute atomic E-state index is 13.1. The molecule has 8 heteroatoms. The monoisotopic (exact) mass is 335 g/mol. The summed E-state index contributed by atoms with van der Waals surface area (Å²) < 4.78 is 44.0. The highest BCUT2D eigenvalue weighted by molar-refractivity contribution is 7.89. The Morgan fingerprint density at radius 1 is 1.48 bits per heavy atom. The van der Waals surface area contributed by atoms with Crippen molar-refractivity contribution in [3.63, 3.8) is 0 Å². The Kier molecular flexibility index (Phi) is 4.85. The van der Waals surface area contributed by atoms with E-state index in [4.69, 9.17) is 11.6 Å². The van der Waals surface area contributed by atoms with Gasteiger partial charge in [0.15, 0.2) is 0 Å². The van der Waals surface area contributed by atoms with Gasteiger partial charge in [-0.25, -0.2) is 12.8 Å². The average molecular weight is 336 g/mol. The van der Waals surface area contributed by atoms with Crippen molar-refractivity contribution in [1.29, 1.82) is 0 Å². The van der Waals surface area contributed by atoms with Crippen LogP contribution in [-0.2, 0) is 19.6 Å². The van der Waals surface area contributed by atoms with Crippen LogP contribution < -0.4 is 0 Å². The molecule has 1 heterocycles. The van der Waals surface area contributed by atoms with Gasteiger partial charge in [-0.05, 0) is 31.0 Å². The van der Waals surface area contributed by atoms with Gasteiger partial charge in [-0.2, -0.15) is 4.31 Å². The van der Waals surface area contributed by atoms with Gasteiger partial charge in [0, 0.05) is 13.1 Å². The van der Waals surface area contributed by atoms with Gasteiger partial charge in [0.05, 0.1) is 22.9 Å². The first-order chi connectivity index (χ1) is 9.86. The normalized spacial score (nSPS) is 20.2. The molecule has 1 saturated heterocycles. The van der Waals surface area contributed by atoms with Crippen LogP contribution >= 0.6 is 11.6 Å². The lowest BCUT2D eigenvalue weighted by Crippen LogP contribution is -2.42. The van der Waals surface area contributed by atoms with Crippen molar-refractivity contribution in [2.45, 2.75) is 17.7 Å². The molecule has 1 aromatic carbocycles. The number of carbonyl (C=O) groups excluding carboxylic acids is 1. The van der Waals surface area contributed by atoms with Crippen molar-refractivity contribution < 1.29 is 22.3 Å². The zero-order valence-corrected chi connectivity index (χ0v) is 13.0. The largest absolute Gasteiger partial charge is 0.469 e. The van der Waals surface area contributed by atoms with Crippen LogP contribution in [-0.4, -0.2) is 38.9 Å². The molecule has 0 bridgehead atoms. The lowest BCUT2D eigenvalue weighted by Gasteiger charge is -2.30. The molecule has 0 amide bonds. The van der Waals surface area contributed by atoms with Crippen LogP contribution in [0, 0.1) is 11.7 Å². The summed E-state index contributed by atoms with van der Waals surface area (Å²) in [6.45, 7) is 0.370. The SMILES string of the molecule is COC(=O)[C@H]1CCCN(S(=O)(=O)c2ccc(F)c(Cl)c2)C1. The Balaban J connectivity index is 2.26. The molecule has 0 aliphatic carbocycles. The minimum Gasteiger partial charge on any atom is -0.469 e. The zero-order valence-electron chi connectivity index (χ0n) is 11.4. The van der Waals surface area contributed by atoms with Crippen molar-refractivity contribution in [3.05, 3.63) is 29.0 Å². The third-order valence-corrected chi connectivity index (χ3v) is 5.60. The fourth-order valence-electron chi connectivity index (χ4n) is 2.31. The summed E-state index contributed by atoms with van der Waals surface area (Å²) >= 11 is 5.63. The van der Waals surface area contributed by atoms with Gasteiger partial charge in [0.2, 0.25) is 10.0 Å². The molecule has 0 radical (unpaired) electrons. The molecular weight excluding hydrogens is 321 g/mol. The number of rotatable bonds is 3. The number of piperidine rings is 1. The number of benzene rings is 1. The number of methoxy groups -OCH3 is 1. The van der Waals surface area contributed by atoms with Crippen LogP contribution in [0.1, 0.15) is 12.8 Å². The quantitative estimate of drug-likeness (QED) is 0.793. The second kappa shape index (κ2) is 6.29. The number of nitrogens with zero attached hydrogens (tertiary/aromatic N) is 1. The van der Waals surface area contributed by atoms with E-state index in [0.29, 0.717) is 19.4 Å². The first-order valence-electron chi connectivity index (χ1n) is 6.39. The highest BCUT2D eigenvalue weighted by Gasteiger charge is 2.34. The number of hydrogen-bond acceptors (Lipinski definition) is 4. The van der Waals surface area contributed by atoms with Gasteiger partial charge in [0.1, 0.15) is 5.82 Å². The van der Waals surface area contributed by atoms with Gasteiger partial charge >= 0.3 is 5.97 Å². The molecule has 0 spiro atoms. The summed E-state index contributed by atoms with van der Waals surface area (Å²) in [7, 11) is -2.53. The fourth-order valence-corrected chi connectivity index (χ4v) is 4.10. The molecule has 1 fully saturated rings. The molecule has 116 valence electrons. The second-order valence-corrected chi connectivity index (χ2v) is 7.15. The van der Waals surface area contributed by atoms with E-state index in [2.05, 4.69) is 4.74 Å². The number of esters is 1. The lowest BCUT2D eigenvalue weighted by molar-refractivity contribution is -0.146. The molecule has 1 aliphatic rings. The predicted octanol–water partition coefficient (Wildman–Crippen LogP) is 2.05. The van der Waals surface area contributed by atoms with Gasteiger partial charge in [-0.1, -0.05) is 11.6 Å². The van der Waals surface area contributed by atoms with E-state index in [1.54, 1.807) is 0 Å². The molecule has 0 aromatic heterocycles. The molecule has 0 saturated carbocycles. The molecule has 0 N–H and O–H groups in total. The van der Waals surface area contributed by atoms with Crippen LogP contribution in [0.25, 0.3) is 0 Å². The molecule has 1 aromatic rings. The lowest BCUT2D eigenvalue weighted by atomic mass is 10.0. The van der Waals surface area contributed by atoms with Crippen molar-refractivity contribution in [2.75, 3.05) is 20.2 Å². The molecule has 5 nitrogen and oxygen atoms in total. The summed E-state index contributed by atoms with van der Waals surface area (Å²) in [5.74, 6) is -1.58. The summed E-state index contributed by atoms with van der Waals surface area (Å²) in [6, 6.07) is 3.25. The van der Waals surface area contributed by atoms with Gasteiger partial charge in [-0.15, -0.1) is 0 Å². The van der Waals surface area contributed by atoms with E-state index in [-0.39, 0.29) is 16.5 Å². The Labute approximate surface area is 127 Å².